The number of benzene rings is 3. The molecule has 4 heteroatoms. The number of nitrogens with one attached hydrogen (secondary N) is 1. The summed E-state index contributed by atoms with van der Waals surface area (Å²) in [4.78, 5) is 12.6. The van der Waals surface area contributed by atoms with Crippen molar-refractivity contribution in [3.05, 3.63) is 88.5 Å². The van der Waals surface area contributed by atoms with Crippen LogP contribution in [0.5, 0.6) is 11.5 Å². The molecule has 3 aromatic carbocycles. The van der Waals surface area contributed by atoms with Crippen LogP contribution >= 0.6 is 0 Å². The van der Waals surface area contributed by atoms with Crippen molar-refractivity contribution in [2.75, 3.05) is 11.9 Å². The number of anilines is 1. The van der Waals surface area contributed by atoms with Gasteiger partial charge in [0.25, 0.3) is 0 Å². The van der Waals surface area contributed by atoms with Gasteiger partial charge in [-0.05, 0) is 61.7 Å². The van der Waals surface area contributed by atoms with Crippen LogP contribution in [-0.2, 0) is 6.61 Å². The Balaban J connectivity index is 1.56. The fourth-order valence-corrected chi connectivity index (χ4v) is 3.83. The lowest BCUT2D eigenvalue weighted by atomic mass is 9.92. The summed E-state index contributed by atoms with van der Waals surface area (Å²) >= 11 is 0. The van der Waals surface area contributed by atoms with Crippen LogP contribution in [0.25, 0.3) is 0 Å². The van der Waals surface area contributed by atoms with Gasteiger partial charge in [-0.2, -0.15) is 0 Å². The fraction of sp³-hybridized carbons (Fsp3) is 0.269. The molecule has 0 saturated carbocycles. The molecule has 0 saturated heterocycles. The van der Waals surface area contributed by atoms with Crippen molar-refractivity contribution < 1.29 is 14.3 Å². The second-order valence-corrected chi connectivity index (χ2v) is 7.73. The van der Waals surface area contributed by atoms with Gasteiger partial charge in [0.05, 0.1) is 12.6 Å². The summed E-state index contributed by atoms with van der Waals surface area (Å²) in [6.45, 7) is 7.16. The first-order chi connectivity index (χ1) is 14.5. The van der Waals surface area contributed by atoms with E-state index < -0.39 is 0 Å². The first-order valence-corrected chi connectivity index (χ1v) is 10.4. The molecule has 0 fully saturated rings. The van der Waals surface area contributed by atoms with Crippen LogP contribution in [0.1, 0.15) is 52.0 Å². The minimum Gasteiger partial charge on any atom is -0.490 e. The normalized spacial score (nSPS) is 15.3. The molecule has 1 atom stereocenters. The van der Waals surface area contributed by atoms with Gasteiger partial charge in [0.2, 0.25) is 0 Å². The Morgan fingerprint density at radius 2 is 1.80 bits per heavy atom. The molecule has 3 aromatic rings. The summed E-state index contributed by atoms with van der Waals surface area (Å²) < 4.78 is 12.0. The number of rotatable bonds is 6. The maximum Gasteiger partial charge on any atom is 0.167 e. The van der Waals surface area contributed by atoms with E-state index in [1.54, 1.807) is 0 Å². The molecule has 0 amide bonds. The average Bonchev–Trinajstić information content (AvgIpc) is 2.75. The van der Waals surface area contributed by atoms with E-state index >= 15 is 0 Å². The number of Topliss-reactive ketones (excluding diaryl/α,β-unsaturated/α-hetero) is 1. The molecule has 0 radical (unpaired) electrons. The summed E-state index contributed by atoms with van der Waals surface area (Å²) in [6, 6.07) is 19.9. The van der Waals surface area contributed by atoms with Crippen LogP contribution in [0.4, 0.5) is 5.69 Å². The predicted molar refractivity (Wildman–Crippen MR) is 120 cm³/mol. The first kappa shape index (κ1) is 20.0. The zero-order valence-electron chi connectivity index (χ0n) is 17.7. The molecule has 1 aliphatic rings. The number of hydrogen-bond acceptors (Lipinski definition) is 4. The molecular formula is C26H27NO3. The third-order valence-electron chi connectivity index (χ3n) is 5.50. The Bertz CT molecular complexity index is 1070. The van der Waals surface area contributed by atoms with Crippen LogP contribution in [0.3, 0.4) is 0 Å². The van der Waals surface area contributed by atoms with Crippen molar-refractivity contribution >= 4 is 11.5 Å². The average molecular weight is 402 g/mol. The fourth-order valence-electron chi connectivity index (χ4n) is 3.83. The summed E-state index contributed by atoms with van der Waals surface area (Å²) in [7, 11) is 0. The van der Waals surface area contributed by atoms with E-state index in [4.69, 9.17) is 9.47 Å². The number of fused-ring (bicyclic) bond motifs is 1. The Kier molecular flexibility index (Phi) is 5.75. The Morgan fingerprint density at radius 3 is 2.63 bits per heavy atom. The number of carbonyl (C=O) groups is 1. The molecule has 4 nitrogen and oxygen atoms in total. The molecule has 1 aliphatic heterocycles. The summed E-state index contributed by atoms with van der Waals surface area (Å²) in [5, 5.41) is 3.49. The van der Waals surface area contributed by atoms with Crippen LogP contribution in [0.15, 0.2) is 60.7 Å². The quantitative estimate of drug-likeness (QED) is 0.549. The molecular weight excluding hydrogens is 374 g/mol. The predicted octanol–water partition coefficient (Wildman–Crippen LogP) is 6.02. The van der Waals surface area contributed by atoms with Crippen LogP contribution in [0.2, 0.25) is 0 Å². The molecule has 4 rings (SSSR count). The molecule has 154 valence electrons. The highest BCUT2D eigenvalue weighted by molar-refractivity contribution is 6.03. The van der Waals surface area contributed by atoms with Gasteiger partial charge >= 0.3 is 0 Å². The van der Waals surface area contributed by atoms with E-state index in [1.807, 2.05) is 49.4 Å². The molecule has 1 N–H and O–H groups in total. The maximum absolute atomic E-state index is 12.6. The third kappa shape index (κ3) is 4.18. The van der Waals surface area contributed by atoms with Gasteiger partial charge in [-0.3, -0.25) is 4.79 Å². The second-order valence-electron chi connectivity index (χ2n) is 7.73. The lowest BCUT2D eigenvalue weighted by Gasteiger charge is -2.27. The number of para-hydroxylation sites is 1. The Labute approximate surface area is 177 Å². The summed E-state index contributed by atoms with van der Waals surface area (Å²) in [5.74, 6) is 1.57. The van der Waals surface area contributed by atoms with E-state index in [-0.39, 0.29) is 11.8 Å². The van der Waals surface area contributed by atoms with Gasteiger partial charge in [0.1, 0.15) is 6.61 Å². The zero-order chi connectivity index (χ0) is 21.1. The van der Waals surface area contributed by atoms with Crippen LogP contribution in [-0.4, -0.2) is 12.4 Å². The van der Waals surface area contributed by atoms with Crippen LogP contribution < -0.4 is 14.8 Å². The number of ketones is 1. The summed E-state index contributed by atoms with van der Waals surface area (Å²) in [6.07, 6.45) is 0.422. The number of carbonyl (C=O) groups excluding carboxylic acids is 1. The number of hydrogen-bond donors (Lipinski definition) is 1. The van der Waals surface area contributed by atoms with Crippen LogP contribution in [0, 0.1) is 13.8 Å². The van der Waals surface area contributed by atoms with Crippen molar-refractivity contribution in [2.45, 2.75) is 39.8 Å². The van der Waals surface area contributed by atoms with Crippen molar-refractivity contribution in [1.82, 2.24) is 0 Å². The topological polar surface area (TPSA) is 47.6 Å². The van der Waals surface area contributed by atoms with Gasteiger partial charge in [-0.1, -0.05) is 42.0 Å². The monoisotopic (exact) mass is 401 g/mol. The van der Waals surface area contributed by atoms with Gasteiger partial charge in [0, 0.05) is 17.7 Å². The molecule has 0 spiro atoms. The zero-order valence-corrected chi connectivity index (χ0v) is 17.7. The standard InChI is InChI=1S/C26H27NO3/c1-4-29-26-14-19(23-15-24(28)21-7-5-6-8-22(21)27-23)11-12-25(26)30-16-20-13-17(2)9-10-18(20)3/h5-14,23,27H,4,15-16H2,1-3H3. The van der Waals surface area contributed by atoms with Crippen molar-refractivity contribution in [2.24, 2.45) is 0 Å². The summed E-state index contributed by atoms with van der Waals surface area (Å²) in [5.41, 5.74) is 6.24. The maximum atomic E-state index is 12.6. The molecule has 1 heterocycles. The number of ether oxygens (including phenoxy) is 2. The van der Waals surface area contributed by atoms with Gasteiger partial charge in [-0.25, -0.2) is 0 Å². The molecule has 30 heavy (non-hydrogen) atoms. The smallest absolute Gasteiger partial charge is 0.167 e. The lowest BCUT2D eigenvalue weighted by Crippen LogP contribution is -2.22. The van der Waals surface area contributed by atoms with Crippen molar-refractivity contribution in [3.63, 3.8) is 0 Å². The molecule has 0 aromatic heterocycles. The van der Waals surface area contributed by atoms with Gasteiger partial charge < -0.3 is 14.8 Å². The lowest BCUT2D eigenvalue weighted by molar-refractivity contribution is 0.0972. The SMILES string of the molecule is CCOc1cc(C2CC(=O)c3ccccc3N2)ccc1OCc1cc(C)ccc1C. The highest BCUT2D eigenvalue weighted by Gasteiger charge is 2.26. The van der Waals surface area contributed by atoms with Gasteiger partial charge in [0.15, 0.2) is 17.3 Å². The van der Waals surface area contributed by atoms with E-state index in [9.17, 15) is 4.79 Å². The largest absolute Gasteiger partial charge is 0.490 e. The Hall–Kier alpha value is -3.27. The van der Waals surface area contributed by atoms with Crippen molar-refractivity contribution in [1.29, 1.82) is 0 Å². The van der Waals surface area contributed by atoms with Gasteiger partial charge in [-0.15, -0.1) is 0 Å². The van der Waals surface area contributed by atoms with E-state index in [0.29, 0.717) is 31.1 Å². The highest BCUT2D eigenvalue weighted by Crippen LogP contribution is 2.37. The Morgan fingerprint density at radius 1 is 0.967 bits per heavy atom. The van der Waals surface area contributed by atoms with E-state index in [0.717, 1.165) is 22.4 Å². The first-order valence-electron chi connectivity index (χ1n) is 10.4. The third-order valence-corrected chi connectivity index (χ3v) is 5.50. The van der Waals surface area contributed by atoms with E-state index in [1.165, 1.54) is 11.1 Å². The molecule has 1 unspecified atom stereocenters. The van der Waals surface area contributed by atoms with E-state index in [2.05, 4.69) is 37.4 Å². The highest BCUT2D eigenvalue weighted by atomic mass is 16.5. The number of aryl methyl sites for hydroxylation is 2. The minimum absolute atomic E-state index is 0.0836. The molecule has 0 bridgehead atoms. The van der Waals surface area contributed by atoms with Crippen molar-refractivity contribution in [3.8, 4) is 11.5 Å². The minimum atomic E-state index is -0.0836. The second kappa shape index (κ2) is 8.62. The molecule has 0 aliphatic carbocycles.